The first-order valence-corrected chi connectivity index (χ1v) is 6.74. The maximum Gasteiger partial charge on any atom is 0.258 e. The van der Waals surface area contributed by atoms with Crippen LogP contribution < -0.4 is 9.64 Å². The number of benzene rings is 2. The fourth-order valence-electron chi connectivity index (χ4n) is 2.57. The van der Waals surface area contributed by atoms with E-state index in [1.54, 1.807) is 7.11 Å². The molecule has 102 valence electrons. The zero-order valence-electron chi connectivity index (χ0n) is 11.7. The molecule has 3 rings (SSSR count). The summed E-state index contributed by atoms with van der Waals surface area (Å²) < 4.78 is 5.23. The van der Waals surface area contributed by atoms with Crippen molar-refractivity contribution in [1.29, 1.82) is 0 Å². The Labute approximate surface area is 118 Å². The number of rotatable bonds is 2. The molecule has 0 aliphatic carbocycles. The van der Waals surface area contributed by atoms with Crippen LogP contribution in [0.25, 0.3) is 0 Å². The quantitative estimate of drug-likeness (QED) is 0.836. The molecule has 2 aromatic carbocycles. The third kappa shape index (κ3) is 2.16. The number of methoxy groups -OCH3 is 1. The van der Waals surface area contributed by atoms with Crippen molar-refractivity contribution in [2.75, 3.05) is 18.6 Å². The van der Waals surface area contributed by atoms with Crippen LogP contribution in [0.1, 0.15) is 21.5 Å². The minimum Gasteiger partial charge on any atom is -0.497 e. The van der Waals surface area contributed by atoms with Crippen LogP contribution in [0.2, 0.25) is 0 Å². The Morgan fingerprint density at radius 1 is 1.15 bits per heavy atom. The molecule has 0 saturated carbocycles. The molecule has 0 bridgehead atoms. The highest BCUT2D eigenvalue weighted by atomic mass is 16.5. The number of nitrogens with zero attached hydrogens (tertiary/aromatic N) is 1. The summed E-state index contributed by atoms with van der Waals surface area (Å²) in [5, 5.41) is 0. The topological polar surface area (TPSA) is 29.5 Å². The first-order chi connectivity index (χ1) is 9.69. The SMILES string of the molecule is COc1ccc2c(c1)CCN2C(=O)c1ccc(C)cc1. The van der Waals surface area contributed by atoms with Gasteiger partial charge in [-0.1, -0.05) is 17.7 Å². The average molecular weight is 267 g/mol. The lowest BCUT2D eigenvalue weighted by atomic mass is 10.1. The summed E-state index contributed by atoms with van der Waals surface area (Å²) in [7, 11) is 1.66. The Morgan fingerprint density at radius 2 is 1.90 bits per heavy atom. The van der Waals surface area contributed by atoms with Crippen LogP contribution in [-0.2, 0) is 6.42 Å². The molecule has 1 heterocycles. The molecule has 0 unspecified atom stereocenters. The molecule has 1 amide bonds. The van der Waals surface area contributed by atoms with Gasteiger partial charge in [0.15, 0.2) is 0 Å². The van der Waals surface area contributed by atoms with Crippen LogP contribution in [0.3, 0.4) is 0 Å². The van der Waals surface area contributed by atoms with Gasteiger partial charge in [-0.3, -0.25) is 4.79 Å². The highest BCUT2D eigenvalue weighted by molar-refractivity contribution is 6.07. The standard InChI is InChI=1S/C17H17NO2/c1-12-3-5-13(6-4-12)17(19)18-10-9-14-11-15(20-2)7-8-16(14)18/h3-8,11H,9-10H2,1-2H3. The van der Waals surface area contributed by atoms with Crippen LogP contribution in [0.5, 0.6) is 5.75 Å². The van der Waals surface area contributed by atoms with E-state index in [0.29, 0.717) is 0 Å². The molecule has 0 spiro atoms. The fourth-order valence-corrected chi connectivity index (χ4v) is 2.57. The first-order valence-electron chi connectivity index (χ1n) is 6.74. The zero-order valence-corrected chi connectivity index (χ0v) is 11.7. The zero-order chi connectivity index (χ0) is 14.1. The van der Waals surface area contributed by atoms with Crippen molar-refractivity contribution >= 4 is 11.6 Å². The van der Waals surface area contributed by atoms with Crippen LogP contribution >= 0.6 is 0 Å². The molecular weight excluding hydrogens is 250 g/mol. The lowest BCUT2D eigenvalue weighted by Crippen LogP contribution is -2.28. The van der Waals surface area contributed by atoms with Gasteiger partial charge in [0.05, 0.1) is 7.11 Å². The number of anilines is 1. The fraction of sp³-hybridized carbons (Fsp3) is 0.235. The second-order valence-corrected chi connectivity index (χ2v) is 5.07. The van der Waals surface area contributed by atoms with Gasteiger partial charge in [-0.25, -0.2) is 0 Å². The number of aryl methyl sites for hydroxylation is 1. The van der Waals surface area contributed by atoms with Gasteiger partial charge in [-0.15, -0.1) is 0 Å². The minimum atomic E-state index is 0.0638. The van der Waals surface area contributed by atoms with Gasteiger partial charge in [-0.2, -0.15) is 0 Å². The van der Waals surface area contributed by atoms with E-state index in [0.717, 1.165) is 35.5 Å². The Bertz CT molecular complexity index is 647. The third-order valence-corrected chi connectivity index (χ3v) is 3.73. The van der Waals surface area contributed by atoms with E-state index in [4.69, 9.17) is 4.74 Å². The van der Waals surface area contributed by atoms with Gasteiger partial charge >= 0.3 is 0 Å². The molecule has 20 heavy (non-hydrogen) atoms. The number of ether oxygens (including phenoxy) is 1. The van der Waals surface area contributed by atoms with Crippen molar-refractivity contribution in [2.24, 2.45) is 0 Å². The van der Waals surface area contributed by atoms with Crippen LogP contribution in [-0.4, -0.2) is 19.6 Å². The first kappa shape index (κ1) is 12.7. The van der Waals surface area contributed by atoms with Gasteiger partial charge in [0, 0.05) is 17.8 Å². The summed E-state index contributed by atoms with van der Waals surface area (Å²) in [4.78, 5) is 14.4. The van der Waals surface area contributed by atoms with Gasteiger partial charge in [0.1, 0.15) is 5.75 Å². The van der Waals surface area contributed by atoms with Crippen molar-refractivity contribution in [2.45, 2.75) is 13.3 Å². The summed E-state index contributed by atoms with van der Waals surface area (Å²) >= 11 is 0. The highest BCUT2D eigenvalue weighted by Gasteiger charge is 2.25. The Balaban J connectivity index is 1.91. The predicted octanol–water partition coefficient (Wildman–Crippen LogP) is 3.21. The van der Waals surface area contributed by atoms with Crippen molar-refractivity contribution in [1.82, 2.24) is 0 Å². The van der Waals surface area contributed by atoms with Crippen molar-refractivity contribution in [3.05, 3.63) is 59.2 Å². The van der Waals surface area contributed by atoms with Crippen molar-refractivity contribution in [3.8, 4) is 5.75 Å². The molecule has 0 fully saturated rings. The second kappa shape index (κ2) is 5.00. The lowest BCUT2D eigenvalue weighted by Gasteiger charge is -2.17. The van der Waals surface area contributed by atoms with E-state index >= 15 is 0 Å². The van der Waals surface area contributed by atoms with Gasteiger partial charge in [-0.05, 0) is 49.2 Å². The van der Waals surface area contributed by atoms with E-state index in [-0.39, 0.29) is 5.91 Å². The summed E-state index contributed by atoms with van der Waals surface area (Å²) in [5.74, 6) is 0.905. The molecule has 2 aromatic rings. The molecule has 1 aliphatic heterocycles. The number of amides is 1. The summed E-state index contributed by atoms with van der Waals surface area (Å²) in [6, 6.07) is 13.6. The molecule has 1 aliphatic rings. The van der Waals surface area contributed by atoms with Gasteiger partial charge in [0.2, 0.25) is 0 Å². The Kier molecular flexibility index (Phi) is 3.18. The molecule has 0 N–H and O–H groups in total. The second-order valence-electron chi connectivity index (χ2n) is 5.07. The van der Waals surface area contributed by atoms with E-state index in [2.05, 4.69) is 0 Å². The Hall–Kier alpha value is -2.29. The molecule has 0 radical (unpaired) electrons. The summed E-state index contributed by atoms with van der Waals surface area (Å²) in [5.41, 5.74) is 4.06. The van der Waals surface area contributed by atoms with E-state index in [9.17, 15) is 4.79 Å². The minimum absolute atomic E-state index is 0.0638. The maximum absolute atomic E-state index is 12.6. The maximum atomic E-state index is 12.6. The van der Waals surface area contributed by atoms with Crippen LogP contribution in [0, 0.1) is 6.92 Å². The van der Waals surface area contributed by atoms with E-state index < -0.39 is 0 Å². The summed E-state index contributed by atoms with van der Waals surface area (Å²) in [6.07, 6.45) is 0.879. The number of hydrogen-bond acceptors (Lipinski definition) is 2. The average Bonchev–Trinajstić information content (AvgIpc) is 2.90. The van der Waals surface area contributed by atoms with Crippen LogP contribution in [0.15, 0.2) is 42.5 Å². The predicted molar refractivity (Wildman–Crippen MR) is 79.6 cm³/mol. The van der Waals surface area contributed by atoms with Crippen LogP contribution in [0.4, 0.5) is 5.69 Å². The molecular formula is C17H17NO2. The number of carbonyl (C=O) groups is 1. The van der Waals surface area contributed by atoms with E-state index in [1.807, 2.05) is 54.3 Å². The molecule has 0 aromatic heterocycles. The molecule has 3 heteroatoms. The van der Waals surface area contributed by atoms with Gasteiger partial charge < -0.3 is 9.64 Å². The molecule has 0 saturated heterocycles. The molecule has 3 nitrogen and oxygen atoms in total. The monoisotopic (exact) mass is 267 g/mol. The highest BCUT2D eigenvalue weighted by Crippen LogP contribution is 2.32. The number of hydrogen-bond donors (Lipinski definition) is 0. The number of carbonyl (C=O) groups excluding carboxylic acids is 1. The lowest BCUT2D eigenvalue weighted by molar-refractivity contribution is 0.0989. The summed E-state index contributed by atoms with van der Waals surface area (Å²) in [6.45, 7) is 2.75. The molecule has 0 atom stereocenters. The van der Waals surface area contributed by atoms with Crippen molar-refractivity contribution < 1.29 is 9.53 Å². The smallest absolute Gasteiger partial charge is 0.258 e. The van der Waals surface area contributed by atoms with E-state index in [1.165, 1.54) is 5.56 Å². The Morgan fingerprint density at radius 3 is 2.60 bits per heavy atom. The number of fused-ring (bicyclic) bond motifs is 1. The third-order valence-electron chi connectivity index (χ3n) is 3.73. The normalized spacial score (nSPS) is 13.2. The van der Waals surface area contributed by atoms with Gasteiger partial charge in [0.25, 0.3) is 5.91 Å². The van der Waals surface area contributed by atoms with Crippen molar-refractivity contribution in [3.63, 3.8) is 0 Å². The largest absolute Gasteiger partial charge is 0.497 e.